The summed E-state index contributed by atoms with van der Waals surface area (Å²) in [7, 11) is 0. The normalized spacial score (nSPS) is 14.4. The number of carbonyl (C=O) groups is 1. The van der Waals surface area contributed by atoms with Gasteiger partial charge in [0.15, 0.2) is 0 Å². The summed E-state index contributed by atoms with van der Waals surface area (Å²) in [4.78, 5) is 19.0. The van der Waals surface area contributed by atoms with E-state index in [9.17, 15) is 9.18 Å². The zero-order chi connectivity index (χ0) is 17.5. The van der Waals surface area contributed by atoms with E-state index in [4.69, 9.17) is 4.74 Å². The number of hydrogen-bond acceptors (Lipinski definition) is 5. The summed E-state index contributed by atoms with van der Waals surface area (Å²) in [6, 6.07) is 10.3. The van der Waals surface area contributed by atoms with Gasteiger partial charge in [-0.05, 0) is 29.8 Å². The highest BCUT2D eigenvalue weighted by molar-refractivity contribution is 8.00. The number of ether oxygens (including phenoxy) is 1. The molecule has 5 nitrogen and oxygen atoms in total. The monoisotopic (exact) mass is 361 g/mol. The molecule has 25 heavy (non-hydrogen) atoms. The third-order valence-corrected chi connectivity index (χ3v) is 4.88. The fourth-order valence-electron chi connectivity index (χ4n) is 2.49. The SMILES string of the molecule is O=C(CSc1ccccc1F)NCc1ccnc(N2CCOCC2)c1. The lowest BCUT2D eigenvalue weighted by molar-refractivity contribution is -0.118. The number of thioether (sulfide) groups is 1. The third-order valence-electron chi connectivity index (χ3n) is 3.83. The molecule has 1 aliphatic rings. The van der Waals surface area contributed by atoms with E-state index in [1.165, 1.54) is 17.8 Å². The largest absolute Gasteiger partial charge is 0.378 e. The minimum absolute atomic E-state index is 0.127. The van der Waals surface area contributed by atoms with Crippen molar-refractivity contribution < 1.29 is 13.9 Å². The topological polar surface area (TPSA) is 54.5 Å². The number of amides is 1. The predicted octanol–water partition coefficient (Wildman–Crippen LogP) is 2.47. The van der Waals surface area contributed by atoms with Crippen molar-refractivity contribution in [3.05, 3.63) is 54.0 Å². The van der Waals surface area contributed by atoms with Crippen molar-refractivity contribution >= 4 is 23.5 Å². The predicted molar refractivity (Wildman–Crippen MR) is 96.2 cm³/mol. The average Bonchev–Trinajstić information content (AvgIpc) is 2.67. The van der Waals surface area contributed by atoms with Crippen molar-refractivity contribution in [2.75, 3.05) is 37.0 Å². The number of anilines is 1. The van der Waals surface area contributed by atoms with E-state index in [2.05, 4.69) is 15.2 Å². The maximum atomic E-state index is 13.5. The molecule has 1 saturated heterocycles. The Morgan fingerprint density at radius 3 is 2.88 bits per heavy atom. The second-order valence-corrected chi connectivity index (χ2v) is 6.63. The minimum Gasteiger partial charge on any atom is -0.378 e. The van der Waals surface area contributed by atoms with Crippen molar-refractivity contribution in [2.24, 2.45) is 0 Å². The molecule has 1 N–H and O–H groups in total. The van der Waals surface area contributed by atoms with Gasteiger partial charge in [-0.25, -0.2) is 9.37 Å². The fourth-order valence-corrected chi connectivity index (χ4v) is 3.26. The van der Waals surface area contributed by atoms with Gasteiger partial charge in [-0.1, -0.05) is 12.1 Å². The lowest BCUT2D eigenvalue weighted by Gasteiger charge is -2.28. The molecule has 0 atom stereocenters. The molecule has 2 heterocycles. The van der Waals surface area contributed by atoms with Crippen molar-refractivity contribution in [3.63, 3.8) is 0 Å². The van der Waals surface area contributed by atoms with E-state index < -0.39 is 0 Å². The Balaban J connectivity index is 1.49. The first-order valence-corrected chi connectivity index (χ1v) is 9.12. The number of rotatable bonds is 6. The Morgan fingerprint density at radius 1 is 1.28 bits per heavy atom. The highest BCUT2D eigenvalue weighted by Gasteiger charge is 2.13. The molecule has 0 bridgehead atoms. The molecule has 0 saturated carbocycles. The van der Waals surface area contributed by atoms with E-state index in [0.717, 1.165) is 24.5 Å². The van der Waals surface area contributed by atoms with Gasteiger partial charge >= 0.3 is 0 Å². The number of halogens is 1. The Labute approximate surface area is 150 Å². The fraction of sp³-hybridized carbons (Fsp3) is 0.333. The molecule has 0 unspecified atom stereocenters. The van der Waals surface area contributed by atoms with Gasteiger partial charge in [0.25, 0.3) is 0 Å². The maximum absolute atomic E-state index is 13.5. The minimum atomic E-state index is -0.301. The standard InChI is InChI=1S/C18H20FN3O2S/c19-15-3-1-2-4-16(15)25-13-18(23)21-12-14-5-6-20-17(11-14)22-7-9-24-10-8-22/h1-6,11H,7-10,12-13H2,(H,21,23). The van der Waals surface area contributed by atoms with Crippen LogP contribution < -0.4 is 10.2 Å². The van der Waals surface area contributed by atoms with Crippen LogP contribution in [0.1, 0.15) is 5.56 Å². The molecular formula is C18H20FN3O2S. The summed E-state index contributed by atoms with van der Waals surface area (Å²) >= 11 is 1.19. The first kappa shape index (κ1) is 17.7. The molecule has 1 aliphatic heterocycles. The van der Waals surface area contributed by atoms with Gasteiger partial charge in [0.1, 0.15) is 11.6 Å². The molecule has 0 radical (unpaired) electrons. The van der Waals surface area contributed by atoms with Gasteiger partial charge in [-0.3, -0.25) is 4.79 Å². The van der Waals surface area contributed by atoms with Crippen molar-refractivity contribution in [1.29, 1.82) is 0 Å². The Morgan fingerprint density at radius 2 is 2.08 bits per heavy atom. The van der Waals surface area contributed by atoms with Gasteiger partial charge in [0, 0.05) is 30.7 Å². The molecule has 132 valence electrons. The van der Waals surface area contributed by atoms with Crippen LogP contribution in [0.3, 0.4) is 0 Å². The quantitative estimate of drug-likeness (QED) is 0.801. The van der Waals surface area contributed by atoms with Crippen LogP contribution in [-0.4, -0.2) is 42.9 Å². The summed E-state index contributed by atoms with van der Waals surface area (Å²) in [5.41, 5.74) is 0.987. The smallest absolute Gasteiger partial charge is 0.230 e. The molecular weight excluding hydrogens is 341 g/mol. The molecule has 1 amide bonds. The van der Waals surface area contributed by atoms with Gasteiger partial charge in [0.2, 0.25) is 5.91 Å². The van der Waals surface area contributed by atoms with E-state index >= 15 is 0 Å². The Kier molecular flexibility index (Phi) is 6.25. The molecule has 2 aromatic rings. The maximum Gasteiger partial charge on any atom is 0.230 e. The number of nitrogens with one attached hydrogen (secondary N) is 1. The highest BCUT2D eigenvalue weighted by Crippen LogP contribution is 2.20. The number of nitrogens with zero attached hydrogens (tertiary/aromatic N) is 2. The summed E-state index contributed by atoms with van der Waals surface area (Å²) < 4.78 is 18.9. The number of hydrogen-bond donors (Lipinski definition) is 1. The zero-order valence-electron chi connectivity index (χ0n) is 13.8. The number of benzene rings is 1. The van der Waals surface area contributed by atoms with Crippen molar-refractivity contribution in [2.45, 2.75) is 11.4 Å². The molecule has 3 rings (SSSR count). The molecule has 0 aliphatic carbocycles. The van der Waals surface area contributed by atoms with Crippen LogP contribution >= 0.6 is 11.8 Å². The van der Waals surface area contributed by atoms with E-state index in [1.807, 2.05) is 12.1 Å². The second-order valence-electron chi connectivity index (χ2n) is 5.62. The van der Waals surface area contributed by atoms with Crippen LogP contribution in [0, 0.1) is 5.82 Å². The number of aromatic nitrogens is 1. The molecule has 0 spiro atoms. The second kappa shape index (κ2) is 8.82. The van der Waals surface area contributed by atoms with Crippen LogP contribution in [0.2, 0.25) is 0 Å². The van der Waals surface area contributed by atoms with Crippen molar-refractivity contribution in [1.82, 2.24) is 10.3 Å². The summed E-state index contributed by atoms with van der Waals surface area (Å²) in [6.07, 6.45) is 1.75. The van der Waals surface area contributed by atoms with Gasteiger partial charge in [-0.15, -0.1) is 11.8 Å². The van der Waals surface area contributed by atoms with Crippen molar-refractivity contribution in [3.8, 4) is 0 Å². The number of morpholine rings is 1. The zero-order valence-corrected chi connectivity index (χ0v) is 14.6. The third kappa shape index (κ3) is 5.17. The summed E-state index contributed by atoms with van der Waals surface area (Å²) in [5, 5.41) is 2.87. The van der Waals surface area contributed by atoms with Gasteiger partial charge in [-0.2, -0.15) is 0 Å². The molecule has 1 aromatic carbocycles. The highest BCUT2D eigenvalue weighted by atomic mass is 32.2. The first-order valence-electron chi connectivity index (χ1n) is 8.14. The van der Waals surface area contributed by atoms with Gasteiger partial charge < -0.3 is 15.0 Å². The van der Waals surface area contributed by atoms with Crippen LogP contribution in [0.5, 0.6) is 0 Å². The van der Waals surface area contributed by atoms with Crippen LogP contribution in [0.4, 0.5) is 10.2 Å². The summed E-state index contributed by atoms with van der Waals surface area (Å²) in [5.74, 6) is 0.654. The van der Waals surface area contributed by atoms with E-state index in [-0.39, 0.29) is 17.5 Å². The Bertz CT molecular complexity index is 723. The molecule has 1 aromatic heterocycles. The number of pyridine rings is 1. The van der Waals surface area contributed by atoms with Gasteiger partial charge in [0.05, 0.1) is 19.0 Å². The van der Waals surface area contributed by atoms with E-state index in [1.54, 1.807) is 24.4 Å². The average molecular weight is 361 g/mol. The van der Waals surface area contributed by atoms with Crippen LogP contribution in [0.25, 0.3) is 0 Å². The lowest BCUT2D eigenvalue weighted by Crippen LogP contribution is -2.36. The van der Waals surface area contributed by atoms with E-state index in [0.29, 0.717) is 24.7 Å². The Hall–Kier alpha value is -2.12. The molecule has 7 heteroatoms. The number of carbonyl (C=O) groups excluding carboxylic acids is 1. The summed E-state index contributed by atoms with van der Waals surface area (Å²) in [6.45, 7) is 3.48. The lowest BCUT2D eigenvalue weighted by atomic mass is 10.2. The van der Waals surface area contributed by atoms with Crippen LogP contribution in [-0.2, 0) is 16.1 Å². The molecule has 1 fully saturated rings. The first-order chi connectivity index (χ1) is 12.2. The van der Waals surface area contributed by atoms with Crippen LogP contribution in [0.15, 0.2) is 47.5 Å².